The van der Waals surface area contributed by atoms with Crippen molar-refractivity contribution in [3.63, 3.8) is 0 Å². The summed E-state index contributed by atoms with van der Waals surface area (Å²) in [6.45, 7) is 4.49. The van der Waals surface area contributed by atoms with Crippen molar-refractivity contribution >= 4 is 5.69 Å². The Morgan fingerprint density at radius 1 is 0.880 bits per heavy atom. The second-order valence-corrected chi connectivity index (χ2v) is 6.19. The number of nitrogens with zero attached hydrogens (tertiary/aromatic N) is 2. The number of likely N-dealkylation sites (tertiary alicyclic amines) is 1. The zero-order valence-electron chi connectivity index (χ0n) is 15.0. The Labute approximate surface area is 192 Å². The molecule has 2 aromatic carbocycles. The van der Waals surface area contributed by atoms with E-state index in [0.717, 1.165) is 30.9 Å². The molecule has 3 rings (SSSR count). The Kier molecular flexibility index (Phi) is 9.45. The fourth-order valence-electron chi connectivity index (χ4n) is 2.94. The van der Waals surface area contributed by atoms with Gasteiger partial charge in [-0.25, -0.2) is 4.39 Å². The molecule has 25 heavy (non-hydrogen) atoms. The molecule has 0 unspecified atom stereocenters. The summed E-state index contributed by atoms with van der Waals surface area (Å²) in [5, 5.41) is 4.62. The van der Waals surface area contributed by atoms with E-state index in [1.54, 1.807) is 12.1 Å². The number of hydrogen-bond acceptors (Lipinski definition) is 2. The molecule has 1 aliphatic heterocycles. The molecule has 0 amide bonds. The Balaban J connectivity index is 0.00000225. The molecule has 0 atom stereocenters. The Morgan fingerprint density at radius 3 is 2.12 bits per heavy atom. The molecule has 1 saturated heterocycles. The molecule has 0 bridgehead atoms. The quantitative estimate of drug-likeness (QED) is 0.556. The molecular weight excluding hydrogens is 342 g/mol. The van der Waals surface area contributed by atoms with Gasteiger partial charge in [0, 0.05) is 0 Å². The van der Waals surface area contributed by atoms with Crippen LogP contribution >= 0.6 is 0 Å². The van der Waals surface area contributed by atoms with Crippen LogP contribution in [0.15, 0.2) is 48.5 Å². The van der Waals surface area contributed by atoms with E-state index < -0.39 is 0 Å². The van der Waals surface area contributed by atoms with E-state index in [2.05, 4.69) is 10.2 Å². The molecule has 1 aliphatic rings. The van der Waals surface area contributed by atoms with Crippen molar-refractivity contribution in [2.45, 2.75) is 25.7 Å². The molecule has 0 aliphatic carbocycles. The summed E-state index contributed by atoms with van der Waals surface area (Å²) in [6.07, 6.45) is 5.17. The van der Waals surface area contributed by atoms with Crippen LogP contribution in [-0.4, -0.2) is 31.1 Å². The van der Waals surface area contributed by atoms with Crippen LogP contribution in [-0.2, 0) is 0 Å². The molecule has 0 spiro atoms. The number of rotatable bonds is 7. The van der Waals surface area contributed by atoms with Gasteiger partial charge in [-0.15, -0.1) is 12.2 Å². The van der Waals surface area contributed by atoms with Gasteiger partial charge >= 0.3 is 51.4 Å². The molecule has 5 heteroatoms. The van der Waals surface area contributed by atoms with E-state index >= 15 is 0 Å². The maximum absolute atomic E-state index is 12.9. The Hall–Kier alpha value is -0.434. The van der Waals surface area contributed by atoms with E-state index in [1.807, 2.05) is 24.3 Å². The van der Waals surface area contributed by atoms with Crippen LogP contribution < -0.4 is 56.1 Å². The molecule has 128 valence electrons. The third-order valence-corrected chi connectivity index (χ3v) is 4.26. The zero-order chi connectivity index (χ0) is 16.6. The summed E-state index contributed by atoms with van der Waals surface area (Å²) < 4.78 is 18.6. The second kappa shape index (κ2) is 11.3. The molecule has 0 radical (unpaired) electrons. The van der Waals surface area contributed by atoms with E-state index in [1.165, 1.54) is 44.5 Å². The van der Waals surface area contributed by atoms with Gasteiger partial charge in [0.05, 0.1) is 0 Å². The standard InChI is InChI=1S/C20H24FN2O.K/c21-17-5-9-19(10-6-17)24-20-11-7-18(8-12-20)22-13-4-16-23-14-2-1-3-15-23;/h5-12H,1-4,13-16H2;/q-1;+1. The van der Waals surface area contributed by atoms with Gasteiger partial charge in [-0.2, -0.15) is 0 Å². The predicted molar refractivity (Wildman–Crippen MR) is 95.7 cm³/mol. The molecule has 1 heterocycles. The minimum atomic E-state index is -0.263. The summed E-state index contributed by atoms with van der Waals surface area (Å²) >= 11 is 0. The second-order valence-electron chi connectivity index (χ2n) is 6.19. The van der Waals surface area contributed by atoms with Crippen molar-refractivity contribution in [1.82, 2.24) is 4.90 Å². The topological polar surface area (TPSA) is 26.6 Å². The molecule has 0 N–H and O–H groups in total. The van der Waals surface area contributed by atoms with E-state index in [0.29, 0.717) is 5.75 Å². The van der Waals surface area contributed by atoms with Gasteiger partial charge in [-0.3, -0.25) is 0 Å². The van der Waals surface area contributed by atoms with Crippen LogP contribution in [0, 0.1) is 5.82 Å². The molecular formula is C20H24FKN2O. The van der Waals surface area contributed by atoms with Crippen LogP contribution in [0.5, 0.6) is 11.5 Å². The van der Waals surface area contributed by atoms with Gasteiger partial charge in [0.2, 0.25) is 0 Å². The first-order valence-corrected chi connectivity index (χ1v) is 8.73. The third kappa shape index (κ3) is 7.37. The summed E-state index contributed by atoms with van der Waals surface area (Å²) in [5.74, 6) is 1.09. The Morgan fingerprint density at radius 2 is 1.48 bits per heavy atom. The molecule has 0 aromatic heterocycles. The molecule has 0 saturated carbocycles. The van der Waals surface area contributed by atoms with Gasteiger partial charge in [-0.05, 0) is 68.9 Å². The van der Waals surface area contributed by atoms with Crippen molar-refractivity contribution in [2.75, 3.05) is 26.2 Å². The van der Waals surface area contributed by atoms with Crippen molar-refractivity contribution in [3.05, 3.63) is 59.7 Å². The van der Waals surface area contributed by atoms with Gasteiger partial charge in [0.1, 0.15) is 17.3 Å². The SMILES string of the molecule is Fc1ccc(Oc2ccc([N-]CCCN3CCCCC3)cc2)cc1.[K+]. The first kappa shape index (κ1) is 20.9. The van der Waals surface area contributed by atoms with Crippen LogP contribution in [0.1, 0.15) is 25.7 Å². The molecule has 1 fully saturated rings. The van der Waals surface area contributed by atoms with Crippen molar-refractivity contribution < 1.29 is 60.5 Å². The smallest absolute Gasteiger partial charge is 0.684 e. The molecule has 2 aromatic rings. The number of ether oxygens (including phenoxy) is 1. The summed E-state index contributed by atoms with van der Waals surface area (Å²) in [4.78, 5) is 2.54. The van der Waals surface area contributed by atoms with Crippen LogP contribution in [0.4, 0.5) is 10.1 Å². The minimum Gasteiger partial charge on any atom is -0.684 e. The van der Waals surface area contributed by atoms with Gasteiger partial charge in [0.15, 0.2) is 0 Å². The number of piperidine rings is 1. The van der Waals surface area contributed by atoms with Crippen molar-refractivity contribution in [2.24, 2.45) is 0 Å². The van der Waals surface area contributed by atoms with E-state index in [-0.39, 0.29) is 57.2 Å². The average molecular weight is 367 g/mol. The summed E-state index contributed by atoms with van der Waals surface area (Å²) in [5.41, 5.74) is 0.972. The maximum Gasteiger partial charge on any atom is 1.00 e. The molecule has 3 nitrogen and oxygen atoms in total. The zero-order valence-corrected chi connectivity index (χ0v) is 18.1. The Bertz CT molecular complexity index is 613. The largest absolute Gasteiger partial charge is 1.00 e. The van der Waals surface area contributed by atoms with Crippen molar-refractivity contribution in [1.29, 1.82) is 0 Å². The van der Waals surface area contributed by atoms with E-state index in [4.69, 9.17) is 4.74 Å². The monoisotopic (exact) mass is 366 g/mol. The minimum absolute atomic E-state index is 0. The van der Waals surface area contributed by atoms with E-state index in [9.17, 15) is 4.39 Å². The number of benzene rings is 2. The maximum atomic E-state index is 12.9. The van der Waals surface area contributed by atoms with Crippen LogP contribution in [0.25, 0.3) is 5.32 Å². The summed E-state index contributed by atoms with van der Waals surface area (Å²) in [6, 6.07) is 13.7. The number of hydrogen-bond donors (Lipinski definition) is 0. The number of halogens is 1. The van der Waals surface area contributed by atoms with Crippen LogP contribution in [0.2, 0.25) is 0 Å². The predicted octanol–water partition coefficient (Wildman–Crippen LogP) is 2.50. The van der Waals surface area contributed by atoms with Gasteiger partial charge in [0.25, 0.3) is 0 Å². The fraction of sp³-hybridized carbons (Fsp3) is 0.400. The summed E-state index contributed by atoms with van der Waals surface area (Å²) in [7, 11) is 0. The van der Waals surface area contributed by atoms with Crippen molar-refractivity contribution in [3.8, 4) is 11.5 Å². The average Bonchev–Trinajstić information content (AvgIpc) is 2.63. The van der Waals surface area contributed by atoms with Crippen LogP contribution in [0.3, 0.4) is 0 Å². The fourth-order valence-corrected chi connectivity index (χ4v) is 2.94. The third-order valence-electron chi connectivity index (χ3n) is 4.26. The van der Waals surface area contributed by atoms with Gasteiger partial charge < -0.3 is 15.0 Å². The first-order valence-electron chi connectivity index (χ1n) is 8.73. The van der Waals surface area contributed by atoms with Gasteiger partial charge in [-0.1, -0.05) is 25.0 Å². The first-order chi connectivity index (χ1) is 11.8. The normalized spacial score (nSPS) is 14.6.